The Kier molecular flexibility index (Phi) is 3.15. The van der Waals surface area contributed by atoms with Crippen LogP contribution in [0.25, 0.3) is 0 Å². The largest absolute Gasteiger partial charge is 0.453 e. The van der Waals surface area contributed by atoms with Crippen LogP contribution in [-0.4, -0.2) is 6.54 Å². The van der Waals surface area contributed by atoms with Crippen LogP contribution in [-0.2, 0) is 21.7 Å². The average molecular weight is 219 g/mol. The molecule has 0 aromatic heterocycles. The summed E-state index contributed by atoms with van der Waals surface area (Å²) in [5, 5.41) is 0. The average Bonchev–Trinajstić information content (AvgIpc) is 2.75. The number of nitrogens with two attached hydrogens (primary N) is 1. The molecule has 2 N–H and O–H groups in total. The highest BCUT2D eigenvalue weighted by molar-refractivity contribution is 5.26. The lowest BCUT2D eigenvalue weighted by molar-refractivity contribution is -0.133. The molecule has 0 spiro atoms. The molecule has 3 heteroatoms. The zero-order valence-electron chi connectivity index (χ0n) is 9.48. The molecule has 0 fully saturated rings. The molecule has 1 aromatic rings. The van der Waals surface area contributed by atoms with E-state index in [2.05, 4.69) is 12.1 Å². The van der Waals surface area contributed by atoms with Crippen molar-refractivity contribution in [3.05, 3.63) is 47.9 Å². The van der Waals surface area contributed by atoms with E-state index in [-0.39, 0.29) is 0 Å². The lowest BCUT2D eigenvalue weighted by Crippen LogP contribution is -2.21. The monoisotopic (exact) mass is 219 g/mol. The van der Waals surface area contributed by atoms with Gasteiger partial charge >= 0.3 is 0 Å². The number of ether oxygens (including phenoxy) is 2. The lowest BCUT2D eigenvalue weighted by atomic mass is 10.0. The molecular weight excluding hydrogens is 202 g/mol. The van der Waals surface area contributed by atoms with Gasteiger partial charge in [-0.25, -0.2) is 0 Å². The van der Waals surface area contributed by atoms with Crippen molar-refractivity contribution in [2.75, 3.05) is 6.54 Å². The topological polar surface area (TPSA) is 44.5 Å². The van der Waals surface area contributed by atoms with E-state index in [4.69, 9.17) is 15.2 Å². The van der Waals surface area contributed by atoms with Gasteiger partial charge in [-0.1, -0.05) is 24.3 Å². The van der Waals surface area contributed by atoms with Gasteiger partial charge < -0.3 is 15.2 Å². The molecule has 0 aliphatic carbocycles. The Morgan fingerprint density at radius 3 is 2.31 bits per heavy atom. The number of hydrogen-bond acceptors (Lipinski definition) is 3. The highest BCUT2D eigenvalue weighted by Gasteiger charge is 2.31. The fourth-order valence-electron chi connectivity index (χ4n) is 1.76. The van der Waals surface area contributed by atoms with Gasteiger partial charge in [0.1, 0.15) is 12.5 Å². The van der Waals surface area contributed by atoms with Crippen LogP contribution in [0.5, 0.6) is 0 Å². The van der Waals surface area contributed by atoms with Gasteiger partial charge in [0.05, 0.1) is 0 Å². The van der Waals surface area contributed by atoms with Crippen molar-refractivity contribution in [2.24, 2.45) is 5.73 Å². The molecule has 1 aromatic carbocycles. The van der Waals surface area contributed by atoms with Crippen molar-refractivity contribution < 1.29 is 9.47 Å². The Bertz CT molecular complexity index is 362. The first kappa shape index (κ1) is 11.0. The van der Waals surface area contributed by atoms with Crippen LogP contribution in [0.2, 0.25) is 0 Å². The maximum atomic E-state index is 5.48. The summed E-state index contributed by atoms with van der Waals surface area (Å²) in [6.45, 7) is 2.64. The van der Waals surface area contributed by atoms with Crippen LogP contribution in [0.1, 0.15) is 24.5 Å². The number of rotatable bonds is 4. The second-order valence-electron chi connectivity index (χ2n) is 4.04. The minimum atomic E-state index is -0.660. The molecule has 2 rings (SSSR count). The van der Waals surface area contributed by atoms with E-state index in [1.54, 1.807) is 12.5 Å². The standard InChI is InChI=1S/C13H17NO2/c1-13(15-9-10-16-13)12-6-4-11(5-7-12)3-2-8-14/h4-7,9-10H,2-3,8,14H2,1H3. The predicted octanol–water partition coefficient (Wildman–Crippen LogP) is 2.27. The molecule has 0 radical (unpaired) electrons. The molecule has 0 bridgehead atoms. The second kappa shape index (κ2) is 4.58. The summed E-state index contributed by atoms with van der Waals surface area (Å²) in [5.74, 6) is -0.660. The fraction of sp³-hybridized carbons (Fsp3) is 0.385. The molecule has 1 aliphatic heterocycles. The van der Waals surface area contributed by atoms with Gasteiger partial charge in [-0.05, 0) is 24.9 Å². The minimum Gasteiger partial charge on any atom is -0.453 e. The van der Waals surface area contributed by atoms with Crippen molar-refractivity contribution in [3.63, 3.8) is 0 Å². The Labute approximate surface area is 95.9 Å². The molecule has 0 amide bonds. The molecule has 0 unspecified atom stereocenters. The third kappa shape index (κ3) is 2.19. The lowest BCUT2D eigenvalue weighted by Gasteiger charge is -2.23. The SMILES string of the molecule is CC1(c2ccc(CCCN)cc2)OC=CO1. The minimum absolute atomic E-state index is 0.660. The van der Waals surface area contributed by atoms with Gasteiger partial charge in [-0.3, -0.25) is 0 Å². The first-order valence-electron chi connectivity index (χ1n) is 5.55. The van der Waals surface area contributed by atoms with E-state index < -0.39 is 5.79 Å². The first-order valence-corrected chi connectivity index (χ1v) is 5.55. The summed E-state index contributed by atoms with van der Waals surface area (Å²) < 4.78 is 10.8. The van der Waals surface area contributed by atoms with Crippen molar-refractivity contribution in [2.45, 2.75) is 25.6 Å². The van der Waals surface area contributed by atoms with Gasteiger partial charge in [0.2, 0.25) is 0 Å². The zero-order chi connectivity index (χ0) is 11.4. The van der Waals surface area contributed by atoms with Crippen molar-refractivity contribution in [1.82, 2.24) is 0 Å². The van der Waals surface area contributed by atoms with Crippen LogP contribution >= 0.6 is 0 Å². The van der Waals surface area contributed by atoms with Crippen LogP contribution in [0.3, 0.4) is 0 Å². The Hall–Kier alpha value is -1.48. The van der Waals surface area contributed by atoms with E-state index in [0.29, 0.717) is 0 Å². The number of hydrogen-bond donors (Lipinski definition) is 1. The first-order chi connectivity index (χ1) is 7.74. The van der Waals surface area contributed by atoms with E-state index in [9.17, 15) is 0 Å². The third-order valence-corrected chi connectivity index (χ3v) is 2.79. The molecule has 0 saturated carbocycles. The maximum absolute atomic E-state index is 5.48. The summed E-state index contributed by atoms with van der Waals surface area (Å²) in [7, 11) is 0. The van der Waals surface area contributed by atoms with Crippen molar-refractivity contribution in [1.29, 1.82) is 0 Å². The third-order valence-electron chi connectivity index (χ3n) is 2.79. The van der Waals surface area contributed by atoms with Crippen molar-refractivity contribution in [3.8, 4) is 0 Å². The highest BCUT2D eigenvalue weighted by atomic mass is 16.7. The van der Waals surface area contributed by atoms with Crippen LogP contribution in [0.15, 0.2) is 36.8 Å². The summed E-state index contributed by atoms with van der Waals surface area (Å²) >= 11 is 0. The molecule has 0 saturated heterocycles. The van der Waals surface area contributed by atoms with Gasteiger partial charge in [0.15, 0.2) is 0 Å². The van der Waals surface area contributed by atoms with E-state index in [0.717, 1.165) is 24.9 Å². The Morgan fingerprint density at radius 2 is 1.75 bits per heavy atom. The number of aryl methyl sites for hydroxylation is 1. The highest BCUT2D eigenvalue weighted by Crippen LogP contribution is 2.31. The van der Waals surface area contributed by atoms with Crippen LogP contribution in [0, 0.1) is 0 Å². The summed E-state index contributed by atoms with van der Waals surface area (Å²) in [6, 6.07) is 8.28. The Morgan fingerprint density at radius 1 is 1.12 bits per heavy atom. The molecule has 3 nitrogen and oxygen atoms in total. The normalized spacial score (nSPS) is 16.9. The van der Waals surface area contributed by atoms with E-state index >= 15 is 0 Å². The van der Waals surface area contributed by atoms with E-state index in [1.807, 2.05) is 19.1 Å². The van der Waals surface area contributed by atoms with Crippen molar-refractivity contribution >= 4 is 0 Å². The molecule has 0 atom stereocenters. The van der Waals surface area contributed by atoms with E-state index in [1.165, 1.54) is 5.56 Å². The van der Waals surface area contributed by atoms with Gasteiger partial charge in [-0.15, -0.1) is 0 Å². The molecule has 86 valence electrons. The van der Waals surface area contributed by atoms with Gasteiger partial charge in [-0.2, -0.15) is 0 Å². The maximum Gasteiger partial charge on any atom is 0.273 e. The van der Waals surface area contributed by atoms with Gasteiger partial charge in [0, 0.05) is 12.5 Å². The second-order valence-corrected chi connectivity index (χ2v) is 4.04. The molecular formula is C13H17NO2. The smallest absolute Gasteiger partial charge is 0.273 e. The van der Waals surface area contributed by atoms with Crippen LogP contribution < -0.4 is 5.73 Å². The zero-order valence-corrected chi connectivity index (χ0v) is 9.48. The molecule has 1 heterocycles. The fourth-order valence-corrected chi connectivity index (χ4v) is 1.76. The predicted molar refractivity (Wildman–Crippen MR) is 62.5 cm³/mol. The summed E-state index contributed by atoms with van der Waals surface area (Å²) in [4.78, 5) is 0. The van der Waals surface area contributed by atoms with Crippen LogP contribution in [0.4, 0.5) is 0 Å². The summed E-state index contributed by atoms with van der Waals surface area (Å²) in [5.41, 5.74) is 7.80. The number of benzene rings is 1. The Balaban J connectivity index is 2.07. The van der Waals surface area contributed by atoms with Gasteiger partial charge in [0.25, 0.3) is 5.79 Å². The summed E-state index contributed by atoms with van der Waals surface area (Å²) in [6.07, 6.45) is 5.18. The molecule has 16 heavy (non-hydrogen) atoms. The quantitative estimate of drug-likeness (QED) is 0.844. The molecule has 1 aliphatic rings.